The van der Waals surface area contributed by atoms with Crippen LogP contribution in [0.1, 0.15) is 24.9 Å². The van der Waals surface area contributed by atoms with Gasteiger partial charge >= 0.3 is 0 Å². The number of hydrogen-bond acceptors (Lipinski definition) is 2. The molecule has 1 atom stereocenters. The lowest BCUT2D eigenvalue weighted by molar-refractivity contribution is 0.462. The van der Waals surface area contributed by atoms with Gasteiger partial charge in [0.2, 0.25) is 0 Å². The summed E-state index contributed by atoms with van der Waals surface area (Å²) in [6.45, 7) is 2.08. The van der Waals surface area contributed by atoms with E-state index in [9.17, 15) is 5.11 Å². The van der Waals surface area contributed by atoms with Gasteiger partial charge in [-0.1, -0.05) is 38.8 Å². The average Bonchev–Trinajstić information content (AvgIpc) is 2.41. The van der Waals surface area contributed by atoms with E-state index in [-0.39, 0.29) is 6.04 Å². The average molecular weight is 543 g/mol. The number of halogens is 4. The van der Waals surface area contributed by atoms with Crippen molar-refractivity contribution in [1.29, 1.82) is 0 Å². The number of benzene rings is 2. The second-order valence-corrected chi connectivity index (χ2v) is 8.09. The molecule has 2 aromatic rings. The molecule has 2 aromatic carbocycles. The van der Waals surface area contributed by atoms with E-state index in [1.165, 1.54) is 0 Å². The van der Waals surface area contributed by atoms with Gasteiger partial charge in [0.05, 0.1) is 11.7 Å². The standard InChI is InChI=1S/C15H13Br4NO/c1-2-13(10-5-8(16)3-4-14(10)21)20-15-11(18)6-9(17)7-12(15)19/h3-7,13,20-21H,2H2,1H3. The maximum absolute atomic E-state index is 10.1. The lowest BCUT2D eigenvalue weighted by atomic mass is 10.0. The van der Waals surface area contributed by atoms with Crippen LogP contribution in [0, 0.1) is 0 Å². The third-order valence-corrected chi connectivity index (χ3v) is 5.30. The molecule has 2 rings (SSSR count). The second kappa shape index (κ2) is 7.49. The summed E-state index contributed by atoms with van der Waals surface area (Å²) in [5.74, 6) is 0.293. The van der Waals surface area contributed by atoms with Crippen LogP contribution in [-0.4, -0.2) is 5.11 Å². The zero-order valence-corrected chi connectivity index (χ0v) is 17.5. The van der Waals surface area contributed by atoms with Gasteiger partial charge in [0, 0.05) is 23.5 Å². The molecule has 0 spiro atoms. The second-order valence-electron chi connectivity index (χ2n) is 4.55. The Bertz CT molecular complexity index is 637. The van der Waals surface area contributed by atoms with E-state index in [0.717, 1.165) is 35.6 Å². The molecule has 21 heavy (non-hydrogen) atoms. The molecule has 2 N–H and O–H groups in total. The Kier molecular flexibility index (Phi) is 6.17. The highest BCUT2D eigenvalue weighted by molar-refractivity contribution is 9.11. The van der Waals surface area contributed by atoms with Crippen molar-refractivity contribution >= 4 is 69.4 Å². The van der Waals surface area contributed by atoms with Crippen LogP contribution in [0.25, 0.3) is 0 Å². The van der Waals surface area contributed by atoms with Gasteiger partial charge in [-0.3, -0.25) is 0 Å². The molecule has 1 unspecified atom stereocenters. The third-order valence-electron chi connectivity index (χ3n) is 3.10. The molecule has 0 aliphatic carbocycles. The van der Waals surface area contributed by atoms with Crippen molar-refractivity contribution in [3.8, 4) is 5.75 Å². The van der Waals surface area contributed by atoms with Crippen LogP contribution in [0.15, 0.2) is 48.2 Å². The van der Waals surface area contributed by atoms with Crippen LogP contribution in [0.3, 0.4) is 0 Å². The highest BCUT2D eigenvalue weighted by atomic mass is 79.9. The summed E-state index contributed by atoms with van der Waals surface area (Å²) < 4.78 is 3.85. The van der Waals surface area contributed by atoms with Crippen molar-refractivity contribution in [3.05, 3.63) is 53.8 Å². The van der Waals surface area contributed by atoms with Crippen molar-refractivity contribution < 1.29 is 5.11 Å². The van der Waals surface area contributed by atoms with E-state index in [0.29, 0.717) is 5.75 Å². The number of phenols is 1. The zero-order chi connectivity index (χ0) is 15.6. The summed E-state index contributed by atoms with van der Waals surface area (Å²) in [4.78, 5) is 0. The molecule has 0 aromatic heterocycles. The number of rotatable bonds is 4. The van der Waals surface area contributed by atoms with Crippen LogP contribution < -0.4 is 5.32 Å². The fourth-order valence-electron chi connectivity index (χ4n) is 2.06. The Labute approximate surface area is 157 Å². The van der Waals surface area contributed by atoms with E-state index >= 15 is 0 Å². The summed E-state index contributed by atoms with van der Waals surface area (Å²) in [7, 11) is 0. The summed E-state index contributed by atoms with van der Waals surface area (Å²) in [5.41, 5.74) is 1.83. The van der Waals surface area contributed by atoms with Crippen molar-refractivity contribution in [3.63, 3.8) is 0 Å². The molecular weight excluding hydrogens is 530 g/mol. The Balaban J connectivity index is 2.38. The quantitative estimate of drug-likeness (QED) is 0.436. The lowest BCUT2D eigenvalue weighted by Crippen LogP contribution is -2.11. The van der Waals surface area contributed by atoms with Crippen molar-refractivity contribution in [1.82, 2.24) is 0 Å². The molecule has 0 saturated heterocycles. The highest BCUT2D eigenvalue weighted by Crippen LogP contribution is 2.39. The minimum Gasteiger partial charge on any atom is -0.508 e. The Morgan fingerprint density at radius 1 is 1.00 bits per heavy atom. The molecule has 0 aliphatic heterocycles. The molecule has 0 bridgehead atoms. The molecule has 0 fully saturated rings. The number of nitrogens with one attached hydrogen (secondary N) is 1. The van der Waals surface area contributed by atoms with Gasteiger partial charge in [-0.25, -0.2) is 0 Å². The number of hydrogen-bond donors (Lipinski definition) is 2. The zero-order valence-electron chi connectivity index (χ0n) is 11.1. The smallest absolute Gasteiger partial charge is 0.120 e. The summed E-state index contributed by atoms with van der Waals surface area (Å²) in [6.07, 6.45) is 0.846. The molecule has 0 radical (unpaired) electrons. The maximum atomic E-state index is 10.1. The fourth-order valence-corrected chi connectivity index (χ4v) is 4.92. The number of aromatic hydroxyl groups is 1. The molecule has 0 amide bonds. The molecule has 0 saturated carbocycles. The Morgan fingerprint density at radius 3 is 2.19 bits per heavy atom. The number of anilines is 1. The maximum Gasteiger partial charge on any atom is 0.120 e. The molecule has 0 heterocycles. The first-order chi connectivity index (χ1) is 9.92. The first kappa shape index (κ1) is 17.3. The van der Waals surface area contributed by atoms with Gasteiger partial charge in [0.15, 0.2) is 0 Å². The minimum atomic E-state index is 0.0104. The normalized spacial score (nSPS) is 12.2. The predicted molar refractivity (Wildman–Crippen MR) is 102 cm³/mol. The van der Waals surface area contributed by atoms with Crippen LogP contribution in [0.4, 0.5) is 5.69 Å². The van der Waals surface area contributed by atoms with Gasteiger partial charge in [-0.15, -0.1) is 0 Å². The summed E-state index contributed by atoms with van der Waals surface area (Å²) in [6, 6.07) is 9.46. The van der Waals surface area contributed by atoms with Gasteiger partial charge < -0.3 is 10.4 Å². The minimum absolute atomic E-state index is 0.0104. The molecular formula is C15H13Br4NO. The molecule has 2 nitrogen and oxygen atoms in total. The van der Waals surface area contributed by atoms with E-state index in [1.807, 2.05) is 24.3 Å². The predicted octanol–water partition coefficient (Wildman–Crippen LogP) is 7.01. The van der Waals surface area contributed by atoms with E-state index in [2.05, 4.69) is 76.0 Å². The third kappa shape index (κ3) is 4.24. The van der Waals surface area contributed by atoms with Crippen LogP contribution in [0.2, 0.25) is 0 Å². The van der Waals surface area contributed by atoms with Gasteiger partial charge in [-0.05, 0) is 68.6 Å². The van der Waals surface area contributed by atoms with Crippen molar-refractivity contribution in [2.24, 2.45) is 0 Å². The van der Waals surface area contributed by atoms with Gasteiger partial charge in [0.1, 0.15) is 5.75 Å². The highest BCUT2D eigenvalue weighted by Gasteiger charge is 2.17. The number of phenolic OH excluding ortho intramolecular Hbond substituents is 1. The van der Waals surface area contributed by atoms with Crippen LogP contribution in [0.5, 0.6) is 5.75 Å². The topological polar surface area (TPSA) is 32.3 Å². The van der Waals surface area contributed by atoms with E-state index in [1.54, 1.807) is 6.07 Å². The monoisotopic (exact) mass is 539 g/mol. The largest absolute Gasteiger partial charge is 0.508 e. The SMILES string of the molecule is CCC(Nc1c(Br)cc(Br)cc1Br)c1cc(Br)ccc1O. The molecule has 112 valence electrons. The van der Waals surface area contributed by atoms with Crippen LogP contribution >= 0.6 is 63.7 Å². The molecule has 0 aliphatic rings. The fraction of sp³-hybridized carbons (Fsp3) is 0.200. The van der Waals surface area contributed by atoms with Crippen molar-refractivity contribution in [2.45, 2.75) is 19.4 Å². The van der Waals surface area contributed by atoms with Crippen LogP contribution in [-0.2, 0) is 0 Å². The summed E-state index contributed by atoms with van der Waals surface area (Å²) in [5, 5.41) is 13.6. The molecule has 6 heteroatoms. The van der Waals surface area contributed by atoms with Crippen molar-refractivity contribution in [2.75, 3.05) is 5.32 Å². The first-order valence-corrected chi connectivity index (χ1v) is 9.49. The van der Waals surface area contributed by atoms with E-state index < -0.39 is 0 Å². The summed E-state index contributed by atoms with van der Waals surface area (Å²) >= 11 is 14.1. The Hall–Kier alpha value is -0.0400. The van der Waals surface area contributed by atoms with E-state index in [4.69, 9.17) is 0 Å². The Morgan fingerprint density at radius 2 is 1.62 bits per heavy atom. The first-order valence-electron chi connectivity index (χ1n) is 6.31. The lowest BCUT2D eigenvalue weighted by Gasteiger charge is -2.22. The van der Waals surface area contributed by atoms with Gasteiger partial charge in [0.25, 0.3) is 0 Å². The van der Waals surface area contributed by atoms with Gasteiger partial charge in [-0.2, -0.15) is 0 Å².